The van der Waals surface area contributed by atoms with E-state index in [1.165, 1.54) is 11.1 Å². The van der Waals surface area contributed by atoms with Gasteiger partial charge in [0.05, 0.1) is 11.8 Å². The highest BCUT2D eigenvalue weighted by Gasteiger charge is 2.41. The van der Waals surface area contributed by atoms with Gasteiger partial charge < -0.3 is 14.2 Å². The molecule has 0 spiro atoms. The SMILES string of the molecule is CC(C)c1ccc([C@H]2Oc3ccccc3[C@@H]3CC(c4ccc5c(c4)OCCO5)=NN23)cc1. The maximum atomic E-state index is 6.48. The van der Waals surface area contributed by atoms with Crippen LogP contribution < -0.4 is 14.2 Å². The standard InChI is InChI=1S/C27H26N2O3/c1-17(2)18-7-9-19(10-8-18)27-29-23(21-5-3-4-6-24(21)32-27)16-22(28-29)20-11-12-25-26(15-20)31-14-13-30-25/h3-12,15,17,23,27H,13-14,16H2,1-2H3/t23-,27+/m0/s1. The molecule has 3 aliphatic rings. The molecule has 3 aromatic rings. The fourth-order valence-corrected chi connectivity index (χ4v) is 4.70. The fourth-order valence-electron chi connectivity index (χ4n) is 4.70. The molecule has 3 aliphatic heterocycles. The molecule has 0 aliphatic carbocycles. The number of hydrogen-bond donors (Lipinski definition) is 0. The van der Waals surface area contributed by atoms with Crippen LogP contribution in [0.15, 0.2) is 71.8 Å². The molecule has 0 aromatic heterocycles. The quantitative estimate of drug-likeness (QED) is 0.529. The molecule has 32 heavy (non-hydrogen) atoms. The Balaban J connectivity index is 1.39. The van der Waals surface area contributed by atoms with Gasteiger partial charge in [-0.1, -0.05) is 56.3 Å². The fraction of sp³-hybridized carbons (Fsp3) is 0.296. The Bertz CT molecular complexity index is 1190. The summed E-state index contributed by atoms with van der Waals surface area (Å²) in [5, 5.41) is 7.20. The monoisotopic (exact) mass is 426 g/mol. The zero-order valence-corrected chi connectivity index (χ0v) is 18.3. The van der Waals surface area contributed by atoms with Crippen LogP contribution in [-0.4, -0.2) is 23.9 Å². The molecule has 3 heterocycles. The molecule has 0 radical (unpaired) electrons. The lowest BCUT2D eigenvalue weighted by Crippen LogP contribution is -2.33. The lowest BCUT2D eigenvalue weighted by Gasteiger charge is -2.38. The summed E-state index contributed by atoms with van der Waals surface area (Å²) in [6, 6.07) is 23.3. The predicted octanol–water partition coefficient (Wildman–Crippen LogP) is 5.82. The molecule has 3 aromatic carbocycles. The van der Waals surface area contributed by atoms with Crippen LogP contribution >= 0.6 is 0 Å². The van der Waals surface area contributed by atoms with Gasteiger partial charge in [0.15, 0.2) is 11.5 Å². The van der Waals surface area contributed by atoms with E-state index < -0.39 is 0 Å². The van der Waals surface area contributed by atoms with Gasteiger partial charge in [0, 0.05) is 23.1 Å². The number of hydrazone groups is 1. The highest BCUT2D eigenvalue weighted by atomic mass is 16.6. The van der Waals surface area contributed by atoms with E-state index in [1.54, 1.807) is 0 Å². The molecule has 162 valence electrons. The van der Waals surface area contributed by atoms with Crippen molar-refractivity contribution in [3.8, 4) is 17.2 Å². The van der Waals surface area contributed by atoms with Gasteiger partial charge in [0.2, 0.25) is 6.23 Å². The second-order valence-electron chi connectivity index (χ2n) is 8.83. The molecule has 0 unspecified atom stereocenters. The number of hydrogen-bond acceptors (Lipinski definition) is 5. The molecule has 0 bridgehead atoms. The predicted molar refractivity (Wildman–Crippen MR) is 124 cm³/mol. The Hall–Kier alpha value is -3.47. The van der Waals surface area contributed by atoms with E-state index in [9.17, 15) is 0 Å². The van der Waals surface area contributed by atoms with Crippen molar-refractivity contribution in [1.82, 2.24) is 5.01 Å². The van der Waals surface area contributed by atoms with E-state index in [-0.39, 0.29) is 12.3 Å². The minimum absolute atomic E-state index is 0.137. The smallest absolute Gasteiger partial charge is 0.213 e. The van der Waals surface area contributed by atoms with Gasteiger partial charge in [0.1, 0.15) is 19.0 Å². The molecule has 0 saturated heterocycles. The molecule has 0 amide bonds. The summed E-state index contributed by atoms with van der Waals surface area (Å²) >= 11 is 0. The lowest BCUT2D eigenvalue weighted by atomic mass is 9.95. The zero-order valence-electron chi connectivity index (χ0n) is 18.3. The van der Waals surface area contributed by atoms with Gasteiger partial charge >= 0.3 is 0 Å². The summed E-state index contributed by atoms with van der Waals surface area (Å²) in [7, 11) is 0. The summed E-state index contributed by atoms with van der Waals surface area (Å²) in [6.07, 6.45) is 0.562. The number of fused-ring (bicyclic) bond motifs is 4. The Morgan fingerprint density at radius 1 is 0.875 bits per heavy atom. The van der Waals surface area contributed by atoms with Crippen LogP contribution in [-0.2, 0) is 0 Å². The summed E-state index contributed by atoms with van der Waals surface area (Å²) in [6.45, 7) is 5.59. The van der Waals surface area contributed by atoms with Crippen LogP contribution in [0.4, 0.5) is 0 Å². The van der Waals surface area contributed by atoms with Gasteiger partial charge in [-0.15, -0.1) is 0 Å². The van der Waals surface area contributed by atoms with Crippen molar-refractivity contribution in [2.45, 2.75) is 38.5 Å². The Kier molecular flexibility index (Phi) is 4.56. The number of ether oxygens (including phenoxy) is 3. The van der Waals surface area contributed by atoms with Crippen molar-refractivity contribution >= 4 is 5.71 Å². The van der Waals surface area contributed by atoms with Gasteiger partial charge in [-0.3, -0.25) is 0 Å². The minimum atomic E-state index is -0.258. The minimum Gasteiger partial charge on any atom is -0.486 e. The Morgan fingerprint density at radius 2 is 1.66 bits per heavy atom. The largest absolute Gasteiger partial charge is 0.486 e. The van der Waals surface area contributed by atoms with E-state index in [4.69, 9.17) is 19.3 Å². The number of nitrogens with zero attached hydrogens (tertiary/aromatic N) is 2. The maximum Gasteiger partial charge on any atom is 0.213 e. The lowest BCUT2D eigenvalue weighted by molar-refractivity contribution is -0.0190. The van der Waals surface area contributed by atoms with Gasteiger partial charge in [-0.2, -0.15) is 5.10 Å². The van der Waals surface area contributed by atoms with Crippen LogP contribution in [0, 0.1) is 0 Å². The topological polar surface area (TPSA) is 43.3 Å². The number of para-hydroxylation sites is 1. The molecule has 5 nitrogen and oxygen atoms in total. The number of benzene rings is 3. The van der Waals surface area contributed by atoms with Crippen LogP contribution in [0.2, 0.25) is 0 Å². The molecule has 0 saturated carbocycles. The Labute approximate surface area is 188 Å². The molecule has 6 rings (SSSR count). The normalized spacial score (nSPS) is 21.0. The second-order valence-corrected chi connectivity index (χ2v) is 8.83. The highest BCUT2D eigenvalue weighted by molar-refractivity contribution is 6.02. The first kappa shape index (κ1) is 19.2. The van der Waals surface area contributed by atoms with Gasteiger partial charge in [0.25, 0.3) is 0 Å². The van der Waals surface area contributed by atoms with E-state index >= 15 is 0 Å². The third-order valence-electron chi connectivity index (χ3n) is 6.46. The van der Waals surface area contributed by atoms with Gasteiger partial charge in [-0.25, -0.2) is 5.01 Å². The van der Waals surface area contributed by atoms with Crippen molar-refractivity contribution in [1.29, 1.82) is 0 Å². The summed E-state index contributed by atoms with van der Waals surface area (Å²) in [5.41, 5.74) is 5.72. The third kappa shape index (κ3) is 3.20. The van der Waals surface area contributed by atoms with Crippen LogP contribution in [0.1, 0.15) is 60.7 Å². The molecule has 5 heteroatoms. The van der Waals surface area contributed by atoms with E-state index in [0.717, 1.165) is 40.5 Å². The first-order chi connectivity index (χ1) is 15.7. The summed E-state index contributed by atoms with van der Waals surface area (Å²) < 4.78 is 18.0. The van der Waals surface area contributed by atoms with Gasteiger partial charge in [-0.05, 0) is 35.7 Å². The van der Waals surface area contributed by atoms with Crippen molar-refractivity contribution < 1.29 is 14.2 Å². The average molecular weight is 427 g/mol. The summed E-state index contributed by atoms with van der Waals surface area (Å²) in [5.74, 6) is 3.02. The highest BCUT2D eigenvalue weighted by Crippen LogP contribution is 2.47. The van der Waals surface area contributed by atoms with Crippen molar-refractivity contribution in [3.63, 3.8) is 0 Å². The molecule has 0 N–H and O–H groups in total. The van der Waals surface area contributed by atoms with E-state index in [1.807, 2.05) is 18.2 Å². The van der Waals surface area contributed by atoms with Crippen molar-refractivity contribution in [2.75, 3.05) is 13.2 Å². The maximum absolute atomic E-state index is 6.48. The van der Waals surface area contributed by atoms with Crippen molar-refractivity contribution in [3.05, 3.63) is 89.0 Å². The molecule has 0 fully saturated rings. The van der Waals surface area contributed by atoms with E-state index in [2.05, 4.69) is 67.4 Å². The van der Waals surface area contributed by atoms with Crippen LogP contribution in [0.25, 0.3) is 0 Å². The van der Waals surface area contributed by atoms with Crippen molar-refractivity contribution in [2.24, 2.45) is 5.10 Å². The average Bonchev–Trinajstić information content (AvgIpc) is 3.29. The molecular formula is C27H26N2O3. The Morgan fingerprint density at radius 3 is 2.47 bits per heavy atom. The molecular weight excluding hydrogens is 400 g/mol. The van der Waals surface area contributed by atoms with Crippen LogP contribution in [0.3, 0.4) is 0 Å². The van der Waals surface area contributed by atoms with Crippen LogP contribution in [0.5, 0.6) is 17.2 Å². The number of rotatable bonds is 3. The first-order valence-corrected chi connectivity index (χ1v) is 11.3. The van der Waals surface area contributed by atoms with E-state index in [0.29, 0.717) is 19.1 Å². The summed E-state index contributed by atoms with van der Waals surface area (Å²) in [4.78, 5) is 0. The zero-order chi connectivity index (χ0) is 21.7. The second kappa shape index (κ2) is 7.59. The third-order valence-corrected chi connectivity index (χ3v) is 6.46. The molecule has 2 atom stereocenters. The first-order valence-electron chi connectivity index (χ1n) is 11.3.